The first-order valence-electron chi connectivity index (χ1n) is 9.27. The molecule has 0 unspecified atom stereocenters. The fourth-order valence-corrected chi connectivity index (χ4v) is 3.85. The molecule has 0 N–H and O–H groups in total. The van der Waals surface area contributed by atoms with E-state index in [-0.39, 0.29) is 5.63 Å². The number of hydrogen-bond acceptors (Lipinski definition) is 6. The predicted molar refractivity (Wildman–Crippen MR) is 111 cm³/mol. The van der Waals surface area contributed by atoms with E-state index in [1.165, 1.54) is 0 Å². The van der Waals surface area contributed by atoms with Crippen molar-refractivity contribution < 1.29 is 18.6 Å². The summed E-state index contributed by atoms with van der Waals surface area (Å²) in [5.74, 6) is 2.15. The van der Waals surface area contributed by atoms with Crippen molar-refractivity contribution in [2.24, 2.45) is 0 Å². The molecule has 6 heteroatoms. The van der Waals surface area contributed by atoms with Gasteiger partial charge in [-0.05, 0) is 35.7 Å². The van der Waals surface area contributed by atoms with Crippen molar-refractivity contribution in [1.82, 2.24) is 0 Å². The zero-order chi connectivity index (χ0) is 20.0. The first-order valence-corrected chi connectivity index (χ1v) is 9.27. The molecule has 1 aromatic heterocycles. The van der Waals surface area contributed by atoms with Gasteiger partial charge >= 0.3 is 5.63 Å². The van der Waals surface area contributed by atoms with E-state index < -0.39 is 0 Å². The Morgan fingerprint density at radius 2 is 1.76 bits per heavy atom. The minimum absolute atomic E-state index is 0.347. The fourth-order valence-electron chi connectivity index (χ4n) is 3.85. The summed E-state index contributed by atoms with van der Waals surface area (Å²) in [6, 6.07) is 17.0. The Bertz CT molecular complexity index is 1290. The lowest BCUT2D eigenvalue weighted by Crippen LogP contribution is -2.32. The number of methoxy groups -OCH3 is 2. The largest absolute Gasteiger partial charge is 0.497 e. The normalized spacial score (nSPS) is 13.2. The van der Waals surface area contributed by atoms with Crippen molar-refractivity contribution in [1.29, 1.82) is 0 Å². The van der Waals surface area contributed by atoms with Crippen molar-refractivity contribution in [2.45, 2.75) is 6.54 Å². The van der Waals surface area contributed by atoms with Gasteiger partial charge in [-0.1, -0.05) is 18.2 Å². The van der Waals surface area contributed by atoms with E-state index in [9.17, 15) is 4.79 Å². The highest BCUT2D eigenvalue weighted by atomic mass is 16.5. The van der Waals surface area contributed by atoms with Crippen molar-refractivity contribution in [3.63, 3.8) is 0 Å². The van der Waals surface area contributed by atoms with Crippen LogP contribution in [0.25, 0.3) is 21.7 Å². The van der Waals surface area contributed by atoms with Gasteiger partial charge in [0.05, 0.1) is 37.4 Å². The monoisotopic (exact) mass is 389 g/mol. The van der Waals surface area contributed by atoms with Crippen molar-refractivity contribution in [2.75, 3.05) is 25.9 Å². The van der Waals surface area contributed by atoms with Crippen LogP contribution in [0.4, 0.5) is 5.69 Å². The molecule has 6 nitrogen and oxygen atoms in total. The molecule has 0 atom stereocenters. The molecule has 4 aromatic rings. The molecule has 3 aromatic carbocycles. The van der Waals surface area contributed by atoms with Gasteiger partial charge < -0.3 is 23.5 Å². The number of ether oxygens (including phenoxy) is 3. The van der Waals surface area contributed by atoms with E-state index in [1.54, 1.807) is 20.3 Å². The molecule has 1 aliphatic heterocycles. The Hall–Kier alpha value is -3.67. The van der Waals surface area contributed by atoms with Crippen molar-refractivity contribution in [3.05, 3.63) is 70.6 Å². The average Bonchev–Trinajstić information content (AvgIpc) is 2.78. The smallest absolute Gasteiger partial charge is 0.344 e. The SMILES string of the molecule is COc1ccc(OC)c(N2COc3ccc4c(oc(=O)c5ccccc54)c3C2)c1. The van der Waals surface area contributed by atoms with Crippen LogP contribution in [-0.4, -0.2) is 21.0 Å². The Morgan fingerprint density at radius 1 is 0.931 bits per heavy atom. The molecule has 0 aliphatic carbocycles. The molecule has 1 aliphatic rings. The molecular formula is C23H19NO5. The number of hydrogen-bond donors (Lipinski definition) is 0. The average molecular weight is 389 g/mol. The van der Waals surface area contributed by atoms with Crippen LogP contribution < -0.4 is 24.7 Å². The predicted octanol–water partition coefficient (Wildman–Crippen LogP) is 4.32. The molecule has 0 saturated carbocycles. The van der Waals surface area contributed by atoms with Crippen LogP contribution >= 0.6 is 0 Å². The van der Waals surface area contributed by atoms with E-state index in [0.29, 0.717) is 35.7 Å². The lowest BCUT2D eigenvalue weighted by atomic mass is 10.0. The summed E-state index contributed by atoms with van der Waals surface area (Å²) in [5, 5.41) is 2.34. The molecule has 0 amide bonds. The van der Waals surface area contributed by atoms with Gasteiger partial charge in [-0.15, -0.1) is 0 Å². The molecule has 0 bridgehead atoms. The first kappa shape index (κ1) is 17.4. The number of nitrogens with zero attached hydrogens (tertiary/aromatic N) is 1. The number of benzene rings is 3. The summed E-state index contributed by atoms with van der Waals surface area (Å²) in [6.45, 7) is 0.858. The van der Waals surface area contributed by atoms with E-state index in [4.69, 9.17) is 18.6 Å². The Kier molecular flexibility index (Phi) is 4.05. The number of anilines is 1. The lowest BCUT2D eigenvalue weighted by Gasteiger charge is -2.32. The van der Waals surface area contributed by atoms with Crippen LogP contribution in [0.15, 0.2) is 63.8 Å². The third kappa shape index (κ3) is 2.76. The van der Waals surface area contributed by atoms with E-state index in [2.05, 4.69) is 0 Å². The van der Waals surface area contributed by atoms with Crippen molar-refractivity contribution >= 4 is 27.4 Å². The van der Waals surface area contributed by atoms with Crippen LogP contribution in [0.3, 0.4) is 0 Å². The van der Waals surface area contributed by atoms with Crippen LogP contribution in [-0.2, 0) is 6.54 Å². The van der Waals surface area contributed by atoms with E-state index in [0.717, 1.165) is 27.8 Å². The summed E-state index contributed by atoms with van der Waals surface area (Å²) in [4.78, 5) is 14.6. The van der Waals surface area contributed by atoms with Gasteiger partial charge in [0.1, 0.15) is 22.8 Å². The second kappa shape index (κ2) is 6.74. The molecule has 0 radical (unpaired) electrons. The van der Waals surface area contributed by atoms with Crippen LogP contribution in [0.5, 0.6) is 17.2 Å². The molecule has 0 fully saturated rings. The molecule has 0 saturated heterocycles. The quantitative estimate of drug-likeness (QED) is 0.384. The van der Waals surface area contributed by atoms with Crippen molar-refractivity contribution in [3.8, 4) is 17.2 Å². The molecule has 146 valence electrons. The van der Waals surface area contributed by atoms with Crippen LogP contribution in [0, 0.1) is 0 Å². The summed E-state index contributed by atoms with van der Waals surface area (Å²) in [7, 11) is 3.26. The van der Waals surface area contributed by atoms with Gasteiger partial charge in [-0.25, -0.2) is 4.79 Å². The van der Waals surface area contributed by atoms with Gasteiger partial charge in [0, 0.05) is 11.5 Å². The highest BCUT2D eigenvalue weighted by Crippen LogP contribution is 2.39. The highest BCUT2D eigenvalue weighted by molar-refractivity contribution is 6.05. The summed E-state index contributed by atoms with van der Waals surface area (Å²) in [6.07, 6.45) is 0. The zero-order valence-corrected chi connectivity index (χ0v) is 16.1. The molecule has 5 rings (SSSR count). The third-order valence-electron chi connectivity index (χ3n) is 5.30. The minimum Gasteiger partial charge on any atom is -0.497 e. The minimum atomic E-state index is -0.349. The second-order valence-corrected chi connectivity index (χ2v) is 6.86. The summed E-state index contributed by atoms with van der Waals surface area (Å²) < 4.78 is 22.6. The Balaban J connectivity index is 1.68. The topological polar surface area (TPSA) is 61.1 Å². The molecule has 29 heavy (non-hydrogen) atoms. The van der Waals surface area contributed by atoms with Gasteiger partial charge in [-0.2, -0.15) is 0 Å². The maximum atomic E-state index is 12.6. The standard InChI is InChI=1S/C23H19NO5/c1-26-14-7-9-21(27-2)19(11-14)24-12-18-20(28-13-24)10-8-16-15-5-3-4-6-17(15)23(25)29-22(16)18/h3-11H,12-13H2,1-2H3. The first-order chi connectivity index (χ1) is 14.2. The Morgan fingerprint density at radius 3 is 2.55 bits per heavy atom. The van der Waals surface area contributed by atoms with E-state index >= 15 is 0 Å². The summed E-state index contributed by atoms with van der Waals surface area (Å²) >= 11 is 0. The van der Waals surface area contributed by atoms with Gasteiger partial charge in [0.15, 0.2) is 6.73 Å². The van der Waals surface area contributed by atoms with E-state index in [1.807, 2.05) is 53.4 Å². The Labute approximate surface area is 166 Å². The maximum Gasteiger partial charge on any atom is 0.344 e. The maximum absolute atomic E-state index is 12.6. The fraction of sp³-hybridized carbons (Fsp3) is 0.174. The number of rotatable bonds is 3. The van der Waals surface area contributed by atoms with Crippen LogP contribution in [0.2, 0.25) is 0 Å². The zero-order valence-electron chi connectivity index (χ0n) is 16.1. The second-order valence-electron chi connectivity index (χ2n) is 6.86. The van der Waals surface area contributed by atoms with Gasteiger partial charge in [0.25, 0.3) is 0 Å². The third-order valence-corrected chi connectivity index (χ3v) is 5.30. The van der Waals surface area contributed by atoms with Crippen LogP contribution in [0.1, 0.15) is 5.56 Å². The lowest BCUT2D eigenvalue weighted by molar-refractivity contribution is 0.286. The molecule has 2 heterocycles. The summed E-state index contributed by atoms with van der Waals surface area (Å²) in [5.41, 5.74) is 1.88. The number of fused-ring (bicyclic) bond motifs is 5. The van der Waals surface area contributed by atoms with Gasteiger partial charge in [-0.3, -0.25) is 0 Å². The molecular weight excluding hydrogens is 370 g/mol. The highest BCUT2D eigenvalue weighted by Gasteiger charge is 2.25. The molecule has 0 spiro atoms. The van der Waals surface area contributed by atoms with Gasteiger partial charge in [0.2, 0.25) is 0 Å².